The topological polar surface area (TPSA) is 31.5 Å². The fourth-order valence-electron chi connectivity index (χ4n) is 0. The van der Waals surface area contributed by atoms with Crippen molar-refractivity contribution in [3.05, 3.63) is 0 Å². The average molecular weight is 225 g/mol. The van der Waals surface area contributed by atoms with Crippen LogP contribution in [0.3, 0.4) is 0 Å². The molecule has 0 fully saturated rings. The van der Waals surface area contributed by atoms with Gasteiger partial charge in [0, 0.05) is 0 Å². The van der Waals surface area contributed by atoms with Crippen LogP contribution in [0.25, 0.3) is 0 Å². The van der Waals surface area contributed by atoms with E-state index in [4.69, 9.17) is 0 Å². The van der Waals surface area contributed by atoms with Crippen molar-refractivity contribution in [1.82, 2.24) is 0 Å². The van der Waals surface area contributed by atoms with E-state index in [9.17, 15) is 24.6 Å². The van der Waals surface area contributed by atoms with E-state index in [2.05, 4.69) is 0 Å². The molecule has 0 radical (unpaired) electrons. The Hall–Kier alpha value is 0.380. The van der Waals surface area contributed by atoms with E-state index >= 15 is 0 Å². The first kappa shape index (κ1) is 16.2. The molecule has 0 amide bonds. The van der Waals surface area contributed by atoms with Crippen molar-refractivity contribution in [3.8, 4) is 0 Å². The summed E-state index contributed by atoms with van der Waals surface area (Å²) in [6.07, 6.45) is 0. The molecule has 0 aliphatic rings. The van der Waals surface area contributed by atoms with Crippen LogP contribution < -0.4 is 0 Å². The van der Waals surface area contributed by atoms with E-state index < -0.39 is 8.63 Å². The van der Waals surface area contributed by atoms with Gasteiger partial charge in [-0.2, -0.15) is 0 Å². The average Bonchev–Trinajstić information content (AvgIpc) is 0.592. The number of halogens is 6. The molecule has 0 saturated carbocycles. The molecule has 0 unspecified atom stereocenters. The summed E-state index contributed by atoms with van der Waals surface area (Å²) in [7, 11) is -10.8. The van der Waals surface area contributed by atoms with Gasteiger partial charge in [0.25, 0.3) is 0 Å². The minimum absolute atomic E-state index is 0. The van der Waals surface area contributed by atoms with Crippen molar-refractivity contribution in [1.29, 1.82) is 0 Å². The summed E-state index contributed by atoms with van der Waals surface area (Å²) in [5.74, 6) is 0. The quantitative estimate of drug-likeness (QED) is 0.338. The molecule has 56 valence electrons. The predicted molar refractivity (Wildman–Crippen MR) is 16.0 cm³/mol. The van der Waals surface area contributed by atoms with E-state index in [0.29, 0.717) is 0 Å². The Morgan fingerprint density at radius 2 is 0.667 bits per heavy atom. The van der Waals surface area contributed by atoms with Crippen LogP contribution in [0.4, 0.5) is 24.6 Å². The van der Waals surface area contributed by atoms with Gasteiger partial charge in [-0.1, -0.05) is 0 Å². The first-order valence-corrected chi connectivity index (χ1v) is 3.40. The summed E-state index contributed by atoms with van der Waals surface area (Å²) in [6, 6.07) is 0. The summed E-state index contributed by atoms with van der Waals surface area (Å²) in [5, 5.41) is 0. The van der Waals surface area contributed by atoms with Gasteiger partial charge in [0.05, 0.1) is 0 Å². The minimum Gasteiger partial charge on any atom is -0.412 e. The Bertz CT molecular complexity index is 71.6. The molecule has 9 heavy (non-hydrogen) atoms. The second kappa shape index (κ2) is 1.93. The molecule has 0 aliphatic heterocycles. The Labute approximate surface area is 59.0 Å². The monoisotopic (exact) mass is 224 g/mol. The molecule has 0 aromatic heterocycles. The van der Waals surface area contributed by atoms with Crippen LogP contribution in [0.15, 0.2) is 0 Å². The van der Waals surface area contributed by atoms with Gasteiger partial charge < -0.3 is 5.48 Å². The van der Waals surface area contributed by atoms with Crippen molar-refractivity contribution in [2.75, 3.05) is 0 Å². The third-order valence-corrected chi connectivity index (χ3v) is 0. The molecule has 0 heterocycles. The Balaban J connectivity index is -0.000000180. The summed E-state index contributed by atoms with van der Waals surface area (Å²) < 4.78 is 59.3. The maximum Gasteiger partial charge on any atom is 2.00 e. The van der Waals surface area contributed by atoms with E-state index in [-0.39, 0.29) is 25.0 Å². The molecule has 9 heteroatoms. The largest absolute Gasteiger partial charge is 2.00 e. The minimum atomic E-state index is -10.8. The molecule has 0 rings (SSSR count). The van der Waals surface area contributed by atoms with Crippen LogP contribution in [0.2, 0.25) is 0 Å². The summed E-state index contributed by atoms with van der Waals surface area (Å²) >= 11 is 0. The zero-order valence-electron chi connectivity index (χ0n) is 3.97. The van der Waals surface area contributed by atoms with E-state index in [1.165, 1.54) is 0 Å². The molecule has 0 aliphatic carbocycles. The fourth-order valence-corrected chi connectivity index (χ4v) is 0. The number of rotatable bonds is 0. The number of hydrogen-bond donors (Lipinski definition) is 0. The third-order valence-electron chi connectivity index (χ3n) is 0. The zero-order chi connectivity index (χ0) is 6.41. The Kier molecular flexibility index (Phi) is 3.47. The van der Waals surface area contributed by atoms with Crippen molar-refractivity contribution in [3.63, 3.8) is 0 Å². The van der Waals surface area contributed by atoms with Gasteiger partial charge in [-0.15, -0.1) is 0 Å². The Morgan fingerprint density at radius 1 is 0.667 bits per heavy atom. The second-order valence-corrected chi connectivity index (χ2v) is 3.21. The summed E-state index contributed by atoms with van der Waals surface area (Å²) in [4.78, 5) is 0. The van der Waals surface area contributed by atoms with Crippen LogP contribution in [0.5, 0.6) is 0 Å². The van der Waals surface area contributed by atoms with Crippen LogP contribution in [-0.4, -0.2) is 14.1 Å². The van der Waals surface area contributed by atoms with Crippen LogP contribution in [-0.2, 0) is 19.5 Å². The van der Waals surface area contributed by atoms with E-state index in [1.807, 2.05) is 0 Å². The first-order chi connectivity index (χ1) is 2.45. The maximum atomic E-state index is 9.88. The van der Waals surface area contributed by atoms with Gasteiger partial charge in [0.2, 0.25) is 0 Å². The first-order valence-electron chi connectivity index (χ1n) is 1.13. The third kappa shape index (κ3) is 2360. The molecule has 0 bridgehead atoms. The zero-order valence-corrected chi connectivity index (χ0v) is 7.94. The van der Waals surface area contributed by atoms with Crippen molar-refractivity contribution in [2.24, 2.45) is 0 Å². The SMILES string of the molecule is F[Si-2](F)(F)(F)(F)F.O.[Zn+2]. The molecule has 0 aromatic carbocycles. The van der Waals surface area contributed by atoms with Gasteiger partial charge in [-0.3, -0.25) is 0 Å². The standard InChI is InChI=1S/F6Si.H2O.Zn/c1-7(2,3,4,5)6;;/h;1H2;/q-2;;+2. The molecule has 0 atom stereocenters. The summed E-state index contributed by atoms with van der Waals surface area (Å²) in [5.41, 5.74) is 0. The van der Waals surface area contributed by atoms with Gasteiger partial charge >= 0.3 is 52.8 Å². The van der Waals surface area contributed by atoms with Gasteiger partial charge in [-0.05, 0) is 0 Å². The molecule has 2 N–H and O–H groups in total. The predicted octanol–water partition coefficient (Wildman–Crippen LogP) is 1.31. The molecule has 0 aromatic rings. The molecular formula is H2F6OSiZn. The Morgan fingerprint density at radius 3 is 0.667 bits per heavy atom. The molecule has 0 saturated heterocycles. The van der Waals surface area contributed by atoms with Crippen LogP contribution in [0, 0.1) is 0 Å². The smallest absolute Gasteiger partial charge is 0.412 e. The van der Waals surface area contributed by atoms with Crippen molar-refractivity contribution < 1.29 is 49.6 Å². The molecular weight excluding hydrogens is 223 g/mol. The van der Waals surface area contributed by atoms with Crippen molar-refractivity contribution >= 4 is 8.63 Å². The van der Waals surface area contributed by atoms with Gasteiger partial charge in [0.1, 0.15) is 0 Å². The normalized spacial score (nSPS) is 18.0. The van der Waals surface area contributed by atoms with Crippen LogP contribution >= 0.6 is 0 Å². The molecule has 1 nitrogen and oxygen atoms in total. The number of hydrogen-bond acceptors (Lipinski definition) is 0. The van der Waals surface area contributed by atoms with Crippen molar-refractivity contribution in [2.45, 2.75) is 0 Å². The molecule has 0 spiro atoms. The maximum absolute atomic E-state index is 10.8. The van der Waals surface area contributed by atoms with E-state index in [0.717, 1.165) is 0 Å². The fraction of sp³-hybridized carbons (Fsp3) is 0. The van der Waals surface area contributed by atoms with Crippen LogP contribution in [0.1, 0.15) is 0 Å². The summed E-state index contributed by atoms with van der Waals surface area (Å²) in [6.45, 7) is 0. The van der Waals surface area contributed by atoms with E-state index in [1.54, 1.807) is 0 Å². The van der Waals surface area contributed by atoms with Gasteiger partial charge in [-0.25, -0.2) is 0 Å². The van der Waals surface area contributed by atoms with Gasteiger partial charge in [0.15, 0.2) is 0 Å². The second-order valence-electron chi connectivity index (χ2n) is 1.07.